The lowest BCUT2D eigenvalue weighted by Gasteiger charge is -2.46. The smallest absolute Gasteiger partial charge is 0.0940 e. The van der Waals surface area contributed by atoms with Crippen LogP contribution in [0.25, 0.3) is 0 Å². The molecule has 0 aromatic rings. The maximum absolute atomic E-state index is 9.38. The summed E-state index contributed by atoms with van der Waals surface area (Å²) in [5.74, 6) is 0. The minimum atomic E-state index is -0.183. The average Bonchev–Trinajstić information content (AvgIpc) is 2.51. The summed E-state index contributed by atoms with van der Waals surface area (Å²) in [6.45, 7) is 6.04. The Labute approximate surface area is 110 Å². The Morgan fingerprint density at radius 2 is 2.00 bits per heavy atom. The molecule has 0 aromatic heterocycles. The quantitative estimate of drug-likeness (QED) is 0.727. The molecule has 1 saturated heterocycles. The first-order valence-corrected chi connectivity index (χ1v) is 7.30. The van der Waals surface area contributed by atoms with E-state index in [0.29, 0.717) is 6.04 Å². The van der Waals surface area contributed by atoms with Crippen LogP contribution in [0.4, 0.5) is 0 Å². The zero-order chi connectivity index (χ0) is 13.2. The molecule has 4 nitrogen and oxygen atoms in total. The van der Waals surface area contributed by atoms with Crippen LogP contribution < -0.4 is 5.73 Å². The number of aliphatic hydroxyl groups is 1. The molecule has 0 bridgehead atoms. The standard InChI is InChI=1S/C14H28N2O2/c1-14(2)10-16(8-11(9-17)18-14)13-7-5-3-4-6-12(13)15/h11-13,17H,3-10,15H2,1-2H3. The normalized spacial score (nSPS) is 38.3. The largest absolute Gasteiger partial charge is 0.394 e. The molecule has 106 valence electrons. The van der Waals surface area contributed by atoms with Crippen molar-refractivity contribution in [1.29, 1.82) is 0 Å². The topological polar surface area (TPSA) is 58.7 Å². The Bertz CT molecular complexity index is 271. The van der Waals surface area contributed by atoms with Gasteiger partial charge in [-0.15, -0.1) is 0 Å². The fourth-order valence-corrected chi connectivity index (χ4v) is 3.46. The van der Waals surface area contributed by atoms with Gasteiger partial charge in [0, 0.05) is 25.2 Å². The summed E-state index contributed by atoms with van der Waals surface area (Å²) in [6.07, 6.45) is 6.10. The van der Waals surface area contributed by atoms with Crippen LogP contribution in [0.15, 0.2) is 0 Å². The van der Waals surface area contributed by atoms with E-state index in [1.165, 1.54) is 25.7 Å². The molecule has 1 saturated carbocycles. The number of hydrogen-bond acceptors (Lipinski definition) is 4. The maximum atomic E-state index is 9.38. The summed E-state index contributed by atoms with van der Waals surface area (Å²) in [5, 5.41) is 9.38. The van der Waals surface area contributed by atoms with Gasteiger partial charge in [-0.25, -0.2) is 0 Å². The monoisotopic (exact) mass is 256 g/mol. The molecule has 3 unspecified atom stereocenters. The van der Waals surface area contributed by atoms with Gasteiger partial charge in [-0.3, -0.25) is 4.90 Å². The second kappa shape index (κ2) is 5.87. The molecule has 0 amide bonds. The van der Waals surface area contributed by atoms with Crippen molar-refractivity contribution in [2.75, 3.05) is 19.7 Å². The van der Waals surface area contributed by atoms with Crippen LogP contribution >= 0.6 is 0 Å². The van der Waals surface area contributed by atoms with Crippen molar-refractivity contribution in [3.8, 4) is 0 Å². The molecule has 2 aliphatic rings. The number of nitrogens with two attached hydrogens (primary N) is 1. The summed E-state index contributed by atoms with van der Waals surface area (Å²) in [7, 11) is 0. The molecule has 0 spiro atoms. The predicted octanol–water partition coefficient (Wildman–Crippen LogP) is 1.12. The van der Waals surface area contributed by atoms with Crippen LogP contribution in [0.5, 0.6) is 0 Å². The van der Waals surface area contributed by atoms with Crippen LogP contribution in [0, 0.1) is 0 Å². The van der Waals surface area contributed by atoms with Gasteiger partial charge in [0.2, 0.25) is 0 Å². The lowest BCUT2D eigenvalue weighted by molar-refractivity contribution is -0.158. The Hall–Kier alpha value is -0.160. The molecular weight excluding hydrogens is 228 g/mol. The van der Waals surface area contributed by atoms with Crippen LogP contribution in [-0.4, -0.2) is 53.5 Å². The maximum Gasteiger partial charge on any atom is 0.0940 e. The van der Waals surface area contributed by atoms with Gasteiger partial charge in [0.1, 0.15) is 0 Å². The van der Waals surface area contributed by atoms with Crippen LogP contribution in [0.2, 0.25) is 0 Å². The van der Waals surface area contributed by atoms with Gasteiger partial charge >= 0.3 is 0 Å². The van der Waals surface area contributed by atoms with Crippen molar-refractivity contribution in [3.63, 3.8) is 0 Å². The summed E-state index contributed by atoms with van der Waals surface area (Å²) in [4.78, 5) is 2.46. The van der Waals surface area contributed by atoms with Gasteiger partial charge in [0.25, 0.3) is 0 Å². The molecule has 0 aromatic carbocycles. The number of nitrogens with zero attached hydrogens (tertiary/aromatic N) is 1. The number of morpholine rings is 1. The van der Waals surface area contributed by atoms with E-state index in [1.54, 1.807) is 0 Å². The number of aliphatic hydroxyl groups excluding tert-OH is 1. The molecule has 3 atom stereocenters. The first-order valence-electron chi connectivity index (χ1n) is 7.30. The van der Waals surface area contributed by atoms with E-state index < -0.39 is 0 Å². The first-order chi connectivity index (χ1) is 8.52. The van der Waals surface area contributed by atoms with Gasteiger partial charge < -0.3 is 15.6 Å². The Morgan fingerprint density at radius 3 is 2.72 bits per heavy atom. The minimum absolute atomic E-state index is 0.0656. The molecule has 2 fully saturated rings. The van der Waals surface area contributed by atoms with E-state index in [-0.39, 0.29) is 24.4 Å². The van der Waals surface area contributed by atoms with Crippen molar-refractivity contribution in [3.05, 3.63) is 0 Å². The van der Waals surface area contributed by atoms with Crippen molar-refractivity contribution in [2.45, 2.75) is 69.7 Å². The third-order valence-corrected chi connectivity index (χ3v) is 4.21. The highest BCUT2D eigenvalue weighted by molar-refractivity contribution is 4.92. The van der Waals surface area contributed by atoms with Gasteiger partial charge in [0.15, 0.2) is 0 Å². The van der Waals surface area contributed by atoms with E-state index in [9.17, 15) is 5.11 Å². The second-order valence-electron chi connectivity index (χ2n) is 6.48. The van der Waals surface area contributed by atoms with Crippen molar-refractivity contribution < 1.29 is 9.84 Å². The zero-order valence-corrected chi connectivity index (χ0v) is 11.8. The highest BCUT2D eigenvalue weighted by Crippen LogP contribution is 2.28. The van der Waals surface area contributed by atoms with Crippen molar-refractivity contribution >= 4 is 0 Å². The predicted molar refractivity (Wildman–Crippen MR) is 72.5 cm³/mol. The Kier molecular flexibility index (Phi) is 4.64. The van der Waals surface area contributed by atoms with Crippen LogP contribution in [0.1, 0.15) is 46.0 Å². The summed E-state index contributed by atoms with van der Waals surface area (Å²) >= 11 is 0. The summed E-state index contributed by atoms with van der Waals surface area (Å²) < 4.78 is 5.88. The lowest BCUT2D eigenvalue weighted by atomic mass is 9.97. The van der Waals surface area contributed by atoms with Gasteiger partial charge in [-0.2, -0.15) is 0 Å². The van der Waals surface area contributed by atoms with Gasteiger partial charge in [-0.05, 0) is 26.7 Å². The van der Waals surface area contributed by atoms with Crippen LogP contribution in [-0.2, 0) is 4.74 Å². The molecule has 2 rings (SSSR count). The third kappa shape index (κ3) is 3.44. The fraction of sp³-hybridized carbons (Fsp3) is 1.00. The van der Waals surface area contributed by atoms with Crippen LogP contribution in [0.3, 0.4) is 0 Å². The summed E-state index contributed by atoms with van der Waals surface area (Å²) in [6, 6.07) is 0.741. The number of rotatable bonds is 2. The highest BCUT2D eigenvalue weighted by Gasteiger charge is 2.38. The lowest BCUT2D eigenvalue weighted by Crippen LogP contribution is -2.60. The number of hydrogen-bond donors (Lipinski definition) is 2. The van der Waals surface area contributed by atoms with E-state index in [0.717, 1.165) is 19.5 Å². The molecule has 1 heterocycles. The molecule has 1 aliphatic heterocycles. The van der Waals surface area contributed by atoms with Gasteiger partial charge in [-0.1, -0.05) is 19.3 Å². The van der Waals surface area contributed by atoms with E-state index in [2.05, 4.69) is 18.7 Å². The summed E-state index contributed by atoms with van der Waals surface area (Å²) in [5.41, 5.74) is 6.16. The molecular formula is C14H28N2O2. The van der Waals surface area contributed by atoms with E-state index in [1.807, 2.05) is 0 Å². The average molecular weight is 256 g/mol. The molecule has 0 radical (unpaired) electrons. The van der Waals surface area contributed by atoms with Gasteiger partial charge in [0.05, 0.1) is 18.3 Å². The highest BCUT2D eigenvalue weighted by atomic mass is 16.5. The second-order valence-corrected chi connectivity index (χ2v) is 6.48. The Balaban J connectivity index is 2.05. The first kappa shape index (κ1) is 14.3. The third-order valence-electron chi connectivity index (χ3n) is 4.21. The number of ether oxygens (including phenoxy) is 1. The van der Waals surface area contributed by atoms with Crippen molar-refractivity contribution in [2.24, 2.45) is 5.73 Å². The molecule has 4 heteroatoms. The van der Waals surface area contributed by atoms with Crippen molar-refractivity contribution in [1.82, 2.24) is 4.90 Å². The fourth-order valence-electron chi connectivity index (χ4n) is 3.46. The Morgan fingerprint density at radius 1 is 1.28 bits per heavy atom. The molecule has 1 aliphatic carbocycles. The minimum Gasteiger partial charge on any atom is -0.394 e. The van der Waals surface area contributed by atoms with E-state index in [4.69, 9.17) is 10.5 Å². The van der Waals surface area contributed by atoms with E-state index >= 15 is 0 Å². The zero-order valence-electron chi connectivity index (χ0n) is 11.8. The molecule has 3 N–H and O–H groups in total. The molecule has 18 heavy (non-hydrogen) atoms. The SMILES string of the molecule is CC1(C)CN(C2CCCCCC2N)CC(CO)O1.